The second-order valence-electron chi connectivity index (χ2n) is 4.35. The Balaban J connectivity index is 3.36. The SMILES string of the molecule is COc1c(C)c(C)c(Cl)c(C)c1CC(N)CO. The second kappa shape index (κ2) is 5.71. The molecule has 0 heterocycles. The quantitative estimate of drug-likeness (QED) is 0.869. The first-order valence-electron chi connectivity index (χ1n) is 5.62. The van der Waals surface area contributed by atoms with Gasteiger partial charge in [0.1, 0.15) is 5.75 Å². The van der Waals surface area contributed by atoms with E-state index in [1.165, 1.54) is 0 Å². The molecule has 0 amide bonds. The summed E-state index contributed by atoms with van der Waals surface area (Å²) in [7, 11) is 1.64. The summed E-state index contributed by atoms with van der Waals surface area (Å²) in [6.07, 6.45) is 0.562. The molecule has 3 N–H and O–H groups in total. The van der Waals surface area contributed by atoms with E-state index in [1.807, 2.05) is 20.8 Å². The van der Waals surface area contributed by atoms with Crippen molar-refractivity contribution in [2.45, 2.75) is 33.2 Å². The first-order valence-corrected chi connectivity index (χ1v) is 6.00. The van der Waals surface area contributed by atoms with Gasteiger partial charge >= 0.3 is 0 Å². The smallest absolute Gasteiger partial charge is 0.125 e. The standard InChI is InChI=1S/C13H20ClNO2/c1-7-8(2)13(17-4)11(5-10(15)6-16)9(3)12(7)14/h10,16H,5-6,15H2,1-4H3. The van der Waals surface area contributed by atoms with Crippen molar-refractivity contribution in [1.82, 2.24) is 0 Å². The average molecular weight is 258 g/mol. The molecule has 0 saturated heterocycles. The summed E-state index contributed by atoms with van der Waals surface area (Å²) >= 11 is 6.28. The Hall–Kier alpha value is -0.770. The summed E-state index contributed by atoms with van der Waals surface area (Å²) < 4.78 is 5.44. The molecule has 1 rings (SSSR count). The van der Waals surface area contributed by atoms with Gasteiger partial charge in [0.05, 0.1) is 13.7 Å². The molecule has 0 aromatic heterocycles. The van der Waals surface area contributed by atoms with Crippen LogP contribution in [-0.2, 0) is 6.42 Å². The van der Waals surface area contributed by atoms with Crippen LogP contribution in [0.4, 0.5) is 0 Å². The number of hydrogen-bond donors (Lipinski definition) is 2. The van der Waals surface area contributed by atoms with Gasteiger partial charge < -0.3 is 15.6 Å². The van der Waals surface area contributed by atoms with Gasteiger partial charge in [-0.1, -0.05) is 11.6 Å². The number of ether oxygens (including phenoxy) is 1. The Morgan fingerprint density at radius 1 is 1.24 bits per heavy atom. The molecule has 1 atom stereocenters. The van der Waals surface area contributed by atoms with E-state index >= 15 is 0 Å². The number of halogens is 1. The van der Waals surface area contributed by atoms with Crippen LogP contribution >= 0.6 is 11.6 Å². The Morgan fingerprint density at radius 2 is 1.82 bits per heavy atom. The molecule has 0 aliphatic heterocycles. The molecule has 4 heteroatoms. The predicted octanol–water partition coefficient (Wildman–Crippen LogP) is 2.14. The predicted molar refractivity (Wildman–Crippen MR) is 71.0 cm³/mol. The van der Waals surface area contributed by atoms with Crippen molar-refractivity contribution >= 4 is 11.6 Å². The molecule has 17 heavy (non-hydrogen) atoms. The third-order valence-electron chi connectivity index (χ3n) is 3.19. The highest BCUT2D eigenvalue weighted by molar-refractivity contribution is 6.32. The van der Waals surface area contributed by atoms with E-state index in [0.717, 1.165) is 33.0 Å². The van der Waals surface area contributed by atoms with Crippen LogP contribution in [0.2, 0.25) is 5.02 Å². The maximum atomic E-state index is 9.04. The van der Waals surface area contributed by atoms with Crippen molar-refractivity contribution in [1.29, 1.82) is 0 Å². The molecule has 0 fully saturated rings. The largest absolute Gasteiger partial charge is 0.496 e. The fourth-order valence-corrected chi connectivity index (χ4v) is 2.25. The van der Waals surface area contributed by atoms with E-state index in [0.29, 0.717) is 6.42 Å². The Morgan fingerprint density at radius 3 is 2.29 bits per heavy atom. The van der Waals surface area contributed by atoms with E-state index in [-0.39, 0.29) is 12.6 Å². The molecular weight excluding hydrogens is 238 g/mol. The van der Waals surface area contributed by atoms with Crippen molar-refractivity contribution in [2.75, 3.05) is 13.7 Å². The lowest BCUT2D eigenvalue weighted by atomic mass is 9.94. The molecule has 0 radical (unpaired) electrons. The zero-order valence-corrected chi connectivity index (χ0v) is 11.6. The monoisotopic (exact) mass is 257 g/mol. The third kappa shape index (κ3) is 2.73. The van der Waals surface area contributed by atoms with Crippen LogP contribution < -0.4 is 10.5 Å². The molecule has 1 unspecified atom stereocenters. The van der Waals surface area contributed by atoms with Crippen LogP contribution in [0.15, 0.2) is 0 Å². The molecule has 0 aliphatic rings. The summed E-state index contributed by atoms with van der Waals surface area (Å²) in [5, 5.41) is 9.80. The van der Waals surface area contributed by atoms with Gasteiger partial charge in [0.15, 0.2) is 0 Å². The number of rotatable bonds is 4. The zero-order chi connectivity index (χ0) is 13.2. The number of aliphatic hydroxyl groups excluding tert-OH is 1. The average Bonchev–Trinajstić information content (AvgIpc) is 2.33. The number of hydrogen-bond acceptors (Lipinski definition) is 3. The Labute approximate surface area is 108 Å². The van der Waals surface area contributed by atoms with Gasteiger partial charge in [-0.2, -0.15) is 0 Å². The van der Waals surface area contributed by atoms with Crippen LogP contribution in [0.1, 0.15) is 22.3 Å². The highest BCUT2D eigenvalue weighted by Crippen LogP contribution is 2.36. The molecule has 0 spiro atoms. The van der Waals surface area contributed by atoms with E-state index < -0.39 is 0 Å². The number of nitrogens with two attached hydrogens (primary N) is 1. The van der Waals surface area contributed by atoms with Crippen LogP contribution in [0.5, 0.6) is 5.75 Å². The van der Waals surface area contributed by atoms with Crippen LogP contribution in [-0.4, -0.2) is 24.9 Å². The molecule has 0 bridgehead atoms. The minimum absolute atomic E-state index is 0.0485. The summed E-state index contributed by atoms with van der Waals surface area (Å²) in [5.74, 6) is 0.827. The van der Waals surface area contributed by atoms with Crippen molar-refractivity contribution in [2.24, 2.45) is 5.73 Å². The molecular formula is C13H20ClNO2. The van der Waals surface area contributed by atoms with Crippen molar-refractivity contribution in [3.8, 4) is 5.75 Å². The summed E-state index contributed by atoms with van der Waals surface area (Å²) in [5.41, 5.74) is 9.82. The summed E-state index contributed by atoms with van der Waals surface area (Å²) in [6, 6.07) is -0.291. The number of aliphatic hydroxyl groups is 1. The van der Waals surface area contributed by atoms with E-state index in [9.17, 15) is 0 Å². The lowest BCUT2D eigenvalue weighted by Gasteiger charge is -2.20. The van der Waals surface area contributed by atoms with Crippen molar-refractivity contribution < 1.29 is 9.84 Å². The minimum atomic E-state index is -0.291. The molecule has 0 saturated carbocycles. The van der Waals surface area contributed by atoms with Gasteiger partial charge in [-0.25, -0.2) is 0 Å². The molecule has 96 valence electrons. The third-order valence-corrected chi connectivity index (χ3v) is 3.76. The second-order valence-corrected chi connectivity index (χ2v) is 4.73. The Kier molecular flexibility index (Phi) is 4.80. The highest BCUT2D eigenvalue weighted by Gasteiger charge is 2.18. The van der Waals surface area contributed by atoms with E-state index in [1.54, 1.807) is 7.11 Å². The molecule has 1 aromatic carbocycles. The summed E-state index contributed by atoms with van der Waals surface area (Å²) in [4.78, 5) is 0. The van der Waals surface area contributed by atoms with Crippen LogP contribution in [0.3, 0.4) is 0 Å². The van der Waals surface area contributed by atoms with Crippen LogP contribution in [0.25, 0.3) is 0 Å². The van der Waals surface area contributed by atoms with Gasteiger partial charge in [0.25, 0.3) is 0 Å². The normalized spacial score (nSPS) is 12.6. The number of benzene rings is 1. The minimum Gasteiger partial charge on any atom is -0.496 e. The maximum Gasteiger partial charge on any atom is 0.125 e. The van der Waals surface area contributed by atoms with Gasteiger partial charge in [0, 0.05) is 16.6 Å². The Bertz CT molecular complexity index is 419. The fraction of sp³-hybridized carbons (Fsp3) is 0.538. The lowest BCUT2D eigenvalue weighted by molar-refractivity contribution is 0.264. The van der Waals surface area contributed by atoms with Crippen LogP contribution in [0, 0.1) is 20.8 Å². The molecule has 0 aliphatic carbocycles. The first-order chi connectivity index (χ1) is 7.93. The van der Waals surface area contributed by atoms with Crippen molar-refractivity contribution in [3.05, 3.63) is 27.3 Å². The van der Waals surface area contributed by atoms with Gasteiger partial charge in [-0.15, -0.1) is 0 Å². The van der Waals surface area contributed by atoms with E-state index in [4.69, 9.17) is 27.2 Å². The summed E-state index contributed by atoms with van der Waals surface area (Å²) in [6.45, 7) is 5.86. The fourth-order valence-electron chi connectivity index (χ4n) is 1.99. The van der Waals surface area contributed by atoms with E-state index in [2.05, 4.69) is 0 Å². The zero-order valence-electron chi connectivity index (χ0n) is 10.8. The number of methoxy groups -OCH3 is 1. The van der Waals surface area contributed by atoms with Gasteiger partial charge in [0.2, 0.25) is 0 Å². The lowest BCUT2D eigenvalue weighted by Crippen LogP contribution is -2.27. The van der Waals surface area contributed by atoms with Crippen molar-refractivity contribution in [3.63, 3.8) is 0 Å². The van der Waals surface area contributed by atoms with Gasteiger partial charge in [-0.3, -0.25) is 0 Å². The maximum absolute atomic E-state index is 9.04. The molecule has 1 aromatic rings. The highest BCUT2D eigenvalue weighted by atomic mass is 35.5. The van der Waals surface area contributed by atoms with Gasteiger partial charge in [-0.05, 0) is 43.9 Å². The first kappa shape index (κ1) is 14.3. The topological polar surface area (TPSA) is 55.5 Å². The molecule has 3 nitrogen and oxygen atoms in total.